The van der Waals surface area contributed by atoms with Crippen LogP contribution >= 0.6 is 12.4 Å². The van der Waals surface area contributed by atoms with E-state index >= 15 is 0 Å². The van der Waals surface area contributed by atoms with Gasteiger partial charge in [0, 0.05) is 12.6 Å². The van der Waals surface area contributed by atoms with E-state index in [1.165, 1.54) is 24.9 Å². The lowest BCUT2D eigenvalue weighted by Crippen LogP contribution is -2.26. The second-order valence-electron chi connectivity index (χ2n) is 4.45. The predicted molar refractivity (Wildman–Crippen MR) is 70.8 cm³/mol. The second-order valence-corrected chi connectivity index (χ2v) is 4.45. The number of nitrogens with two attached hydrogens (primary N) is 1. The number of hydrogen-bond donors (Lipinski definition) is 1. The van der Waals surface area contributed by atoms with Crippen molar-refractivity contribution >= 4 is 12.4 Å². The van der Waals surface area contributed by atoms with Gasteiger partial charge in [-0.25, -0.2) is 0 Å². The summed E-state index contributed by atoms with van der Waals surface area (Å²) in [7, 11) is 0. The summed E-state index contributed by atoms with van der Waals surface area (Å²) in [6, 6.07) is 11.1. The minimum absolute atomic E-state index is 0. The van der Waals surface area contributed by atoms with Gasteiger partial charge in [0.15, 0.2) is 0 Å². The number of likely N-dealkylation sites (tertiary alicyclic amines) is 1. The summed E-state index contributed by atoms with van der Waals surface area (Å²) >= 11 is 0. The Morgan fingerprint density at radius 3 is 2.62 bits per heavy atom. The van der Waals surface area contributed by atoms with E-state index in [1.807, 2.05) is 0 Å². The van der Waals surface area contributed by atoms with Gasteiger partial charge in [-0.05, 0) is 37.9 Å². The minimum Gasteiger partial charge on any atom is -0.328 e. The molecule has 0 spiro atoms. The molecule has 16 heavy (non-hydrogen) atoms. The molecule has 3 heteroatoms. The lowest BCUT2D eigenvalue weighted by molar-refractivity contribution is 0.276. The third kappa shape index (κ3) is 4.12. The average molecular weight is 241 g/mol. The summed E-state index contributed by atoms with van der Waals surface area (Å²) < 4.78 is 0. The number of hydrogen-bond acceptors (Lipinski definition) is 2. The first-order valence-corrected chi connectivity index (χ1v) is 5.86. The van der Waals surface area contributed by atoms with Crippen molar-refractivity contribution in [2.24, 2.45) is 5.73 Å². The Labute approximate surface area is 104 Å². The minimum atomic E-state index is 0. The van der Waals surface area contributed by atoms with Crippen LogP contribution in [0.15, 0.2) is 30.3 Å². The quantitative estimate of drug-likeness (QED) is 0.861. The van der Waals surface area contributed by atoms with E-state index in [2.05, 4.69) is 35.2 Å². The Morgan fingerprint density at radius 2 is 1.88 bits per heavy atom. The van der Waals surface area contributed by atoms with Gasteiger partial charge in [-0.1, -0.05) is 30.3 Å². The van der Waals surface area contributed by atoms with Crippen LogP contribution < -0.4 is 5.73 Å². The molecule has 1 unspecified atom stereocenters. The summed E-state index contributed by atoms with van der Waals surface area (Å²) in [5.74, 6) is 0. The topological polar surface area (TPSA) is 29.3 Å². The zero-order valence-electron chi connectivity index (χ0n) is 9.64. The first-order chi connectivity index (χ1) is 7.34. The fraction of sp³-hybridized carbons (Fsp3) is 0.538. The Hall–Kier alpha value is -0.570. The number of rotatable bonds is 2. The molecule has 0 aromatic heterocycles. The van der Waals surface area contributed by atoms with Gasteiger partial charge in [0.2, 0.25) is 0 Å². The third-order valence-corrected chi connectivity index (χ3v) is 3.11. The molecule has 0 aliphatic carbocycles. The van der Waals surface area contributed by atoms with Gasteiger partial charge in [-0.2, -0.15) is 0 Å². The van der Waals surface area contributed by atoms with Crippen LogP contribution in [0.2, 0.25) is 0 Å². The van der Waals surface area contributed by atoms with Crippen LogP contribution in [0.4, 0.5) is 0 Å². The number of halogens is 1. The maximum Gasteiger partial charge on any atom is 0.0233 e. The van der Waals surface area contributed by atoms with Crippen molar-refractivity contribution in [1.29, 1.82) is 0 Å². The predicted octanol–water partition coefficient (Wildman–Crippen LogP) is 2.42. The average Bonchev–Trinajstić information content (AvgIpc) is 2.46. The molecule has 1 fully saturated rings. The van der Waals surface area contributed by atoms with Gasteiger partial charge in [-0.3, -0.25) is 4.90 Å². The molecule has 90 valence electrons. The molecule has 0 amide bonds. The Bertz CT molecular complexity index is 289. The highest BCUT2D eigenvalue weighted by molar-refractivity contribution is 5.85. The van der Waals surface area contributed by atoms with Gasteiger partial charge in [0.05, 0.1) is 0 Å². The first-order valence-electron chi connectivity index (χ1n) is 5.86. The van der Waals surface area contributed by atoms with E-state index in [1.54, 1.807) is 0 Å². The van der Waals surface area contributed by atoms with Gasteiger partial charge in [0.25, 0.3) is 0 Å². The van der Waals surface area contributed by atoms with E-state index in [0.29, 0.717) is 6.04 Å². The van der Waals surface area contributed by atoms with Gasteiger partial charge in [-0.15, -0.1) is 12.4 Å². The highest BCUT2D eigenvalue weighted by Gasteiger charge is 2.13. The standard InChI is InChI=1S/C13H20N2.ClH/c14-13-7-4-9-15(10-8-13)11-12-5-2-1-3-6-12;/h1-3,5-6,13H,4,7-11,14H2;1H. The molecular formula is C13H21ClN2. The maximum atomic E-state index is 5.96. The molecule has 1 aromatic rings. The lowest BCUT2D eigenvalue weighted by atomic mass is 10.1. The molecule has 1 aliphatic rings. The van der Waals surface area contributed by atoms with Crippen LogP contribution in [-0.2, 0) is 6.54 Å². The van der Waals surface area contributed by atoms with Crippen LogP contribution in [0, 0.1) is 0 Å². The summed E-state index contributed by atoms with van der Waals surface area (Å²) in [5.41, 5.74) is 7.37. The zero-order chi connectivity index (χ0) is 10.5. The fourth-order valence-electron chi connectivity index (χ4n) is 2.18. The Kier molecular flexibility index (Phi) is 5.81. The van der Waals surface area contributed by atoms with Crippen LogP contribution in [0.25, 0.3) is 0 Å². The van der Waals surface area contributed by atoms with Gasteiger partial charge < -0.3 is 5.73 Å². The van der Waals surface area contributed by atoms with Crippen LogP contribution in [0.1, 0.15) is 24.8 Å². The van der Waals surface area contributed by atoms with Crippen molar-refractivity contribution in [1.82, 2.24) is 4.90 Å². The van der Waals surface area contributed by atoms with E-state index in [-0.39, 0.29) is 12.4 Å². The van der Waals surface area contributed by atoms with Crippen molar-refractivity contribution in [2.45, 2.75) is 31.8 Å². The largest absolute Gasteiger partial charge is 0.328 e. The summed E-state index contributed by atoms with van der Waals surface area (Å²) in [5, 5.41) is 0. The van der Waals surface area contributed by atoms with E-state index in [0.717, 1.165) is 19.5 Å². The van der Waals surface area contributed by atoms with Crippen molar-refractivity contribution < 1.29 is 0 Å². The molecule has 2 N–H and O–H groups in total. The van der Waals surface area contributed by atoms with Crippen molar-refractivity contribution in [3.63, 3.8) is 0 Å². The van der Waals surface area contributed by atoms with E-state index < -0.39 is 0 Å². The van der Waals surface area contributed by atoms with Crippen LogP contribution in [-0.4, -0.2) is 24.0 Å². The van der Waals surface area contributed by atoms with Crippen LogP contribution in [0.5, 0.6) is 0 Å². The Balaban J connectivity index is 0.00000128. The number of nitrogens with zero attached hydrogens (tertiary/aromatic N) is 1. The summed E-state index contributed by atoms with van der Waals surface area (Å²) in [6.45, 7) is 3.42. The van der Waals surface area contributed by atoms with Crippen LogP contribution in [0.3, 0.4) is 0 Å². The highest BCUT2D eigenvalue weighted by Crippen LogP contribution is 2.12. The fourth-order valence-corrected chi connectivity index (χ4v) is 2.18. The zero-order valence-corrected chi connectivity index (χ0v) is 10.5. The smallest absolute Gasteiger partial charge is 0.0233 e. The van der Waals surface area contributed by atoms with Crippen molar-refractivity contribution in [3.8, 4) is 0 Å². The molecular weight excluding hydrogens is 220 g/mol. The van der Waals surface area contributed by atoms with Crippen molar-refractivity contribution in [3.05, 3.63) is 35.9 Å². The molecule has 0 bridgehead atoms. The molecule has 0 saturated carbocycles. The molecule has 1 aromatic carbocycles. The first kappa shape index (κ1) is 13.5. The van der Waals surface area contributed by atoms with Gasteiger partial charge >= 0.3 is 0 Å². The molecule has 1 heterocycles. The highest BCUT2D eigenvalue weighted by atomic mass is 35.5. The van der Waals surface area contributed by atoms with E-state index in [9.17, 15) is 0 Å². The molecule has 0 radical (unpaired) electrons. The normalized spacial score (nSPS) is 22.2. The summed E-state index contributed by atoms with van der Waals surface area (Å²) in [4.78, 5) is 2.52. The Morgan fingerprint density at radius 1 is 1.12 bits per heavy atom. The van der Waals surface area contributed by atoms with E-state index in [4.69, 9.17) is 5.73 Å². The number of benzene rings is 1. The summed E-state index contributed by atoms with van der Waals surface area (Å²) in [6.07, 6.45) is 3.58. The lowest BCUT2D eigenvalue weighted by Gasteiger charge is -2.19. The SMILES string of the molecule is Cl.NC1CCCN(Cc2ccccc2)CC1. The molecule has 1 atom stereocenters. The molecule has 1 saturated heterocycles. The maximum absolute atomic E-state index is 5.96. The molecule has 1 aliphatic heterocycles. The second kappa shape index (κ2) is 6.89. The molecule has 2 nitrogen and oxygen atoms in total. The monoisotopic (exact) mass is 240 g/mol. The van der Waals surface area contributed by atoms with Crippen molar-refractivity contribution in [2.75, 3.05) is 13.1 Å². The molecule has 2 rings (SSSR count). The third-order valence-electron chi connectivity index (χ3n) is 3.11. The van der Waals surface area contributed by atoms with Gasteiger partial charge in [0.1, 0.15) is 0 Å².